The van der Waals surface area contributed by atoms with E-state index in [0.717, 1.165) is 31.9 Å². The maximum Gasteiger partial charge on any atom is 0.0957 e. The highest BCUT2D eigenvalue weighted by molar-refractivity contribution is 5.45. The molecule has 2 heterocycles. The van der Waals surface area contributed by atoms with Crippen LogP contribution in [0.2, 0.25) is 0 Å². The van der Waals surface area contributed by atoms with Crippen molar-refractivity contribution in [2.75, 3.05) is 31.1 Å². The van der Waals surface area contributed by atoms with E-state index >= 15 is 0 Å². The number of aliphatic hydroxyl groups excluding tert-OH is 1. The van der Waals surface area contributed by atoms with Crippen molar-refractivity contribution in [3.8, 4) is 0 Å². The fourth-order valence-corrected chi connectivity index (χ4v) is 2.67. The minimum Gasteiger partial charge on any atom is -0.387 e. The zero-order valence-electron chi connectivity index (χ0n) is 12.9. The zero-order valence-corrected chi connectivity index (χ0v) is 12.9. The molecule has 0 amide bonds. The van der Waals surface area contributed by atoms with Gasteiger partial charge in [-0.2, -0.15) is 0 Å². The molecule has 0 saturated carbocycles. The van der Waals surface area contributed by atoms with Gasteiger partial charge >= 0.3 is 0 Å². The monoisotopic (exact) mass is 277 g/mol. The molecule has 2 rings (SSSR count). The van der Waals surface area contributed by atoms with Crippen molar-refractivity contribution in [2.24, 2.45) is 0 Å². The van der Waals surface area contributed by atoms with Gasteiger partial charge in [-0.25, -0.2) is 0 Å². The normalized spacial score (nSPS) is 19.9. The fourth-order valence-electron chi connectivity index (χ4n) is 2.67. The van der Waals surface area contributed by atoms with Crippen LogP contribution in [-0.2, 0) is 0 Å². The summed E-state index contributed by atoms with van der Waals surface area (Å²) in [4.78, 5) is 9.33. The summed E-state index contributed by atoms with van der Waals surface area (Å²) in [5, 5.41) is 9.77. The first kappa shape index (κ1) is 15.3. The molecule has 0 spiro atoms. The van der Waals surface area contributed by atoms with Crippen LogP contribution in [-0.4, -0.2) is 47.2 Å². The minimum absolute atomic E-state index is 0.439. The molecular weight excluding hydrogens is 250 g/mol. The lowest BCUT2D eigenvalue weighted by molar-refractivity contribution is 0.169. The largest absolute Gasteiger partial charge is 0.387 e. The molecule has 1 saturated heterocycles. The highest BCUT2D eigenvalue weighted by atomic mass is 16.3. The van der Waals surface area contributed by atoms with Crippen LogP contribution in [0.3, 0.4) is 0 Å². The Bertz CT molecular complexity index is 399. The first-order chi connectivity index (χ1) is 9.65. The molecule has 0 radical (unpaired) electrons. The van der Waals surface area contributed by atoms with Gasteiger partial charge in [-0.15, -0.1) is 0 Å². The van der Waals surface area contributed by atoms with Crippen LogP contribution in [0.1, 0.15) is 45.4 Å². The molecule has 1 fully saturated rings. The number of piperazine rings is 1. The Hall–Kier alpha value is -1.13. The molecule has 0 aliphatic carbocycles. The maximum absolute atomic E-state index is 9.77. The van der Waals surface area contributed by atoms with Crippen molar-refractivity contribution >= 4 is 5.69 Å². The van der Waals surface area contributed by atoms with E-state index < -0.39 is 6.10 Å². The fraction of sp³-hybridized carbons (Fsp3) is 0.688. The molecule has 0 bridgehead atoms. The minimum atomic E-state index is -0.439. The van der Waals surface area contributed by atoms with E-state index in [9.17, 15) is 5.11 Å². The third-order valence-electron chi connectivity index (χ3n) is 4.39. The summed E-state index contributed by atoms with van der Waals surface area (Å²) in [5.74, 6) is 0. The molecule has 20 heavy (non-hydrogen) atoms. The molecule has 1 aliphatic heterocycles. The van der Waals surface area contributed by atoms with Gasteiger partial charge in [0, 0.05) is 32.2 Å². The number of aliphatic hydroxyl groups is 1. The first-order valence-electron chi connectivity index (χ1n) is 7.78. The zero-order chi connectivity index (χ0) is 14.5. The summed E-state index contributed by atoms with van der Waals surface area (Å²) in [7, 11) is 0. The number of pyridine rings is 1. The van der Waals surface area contributed by atoms with Crippen molar-refractivity contribution < 1.29 is 5.11 Å². The number of anilines is 1. The van der Waals surface area contributed by atoms with Crippen molar-refractivity contribution in [3.05, 3.63) is 24.0 Å². The van der Waals surface area contributed by atoms with Crippen molar-refractivity contribution in [1.82, 2.24) is 9.88 Å². The topological polar surface area (TPSA) is 39.6 Å². The number of aromatic nitrogens is 1. The molecule has 1 aromatic rings. The van der Waals surface area contributed by atoms with Crippen molar-refractivity contribution in [2.45, 2.75) is 45.8 Å². The molecule has 1 N–H and O–H groups in total. The van der Waals surface area contributed by atoms with E-state index in [-0.39, 0.29) is 0 Å². The van der Waals surface area contributed by atoms with Gasteiger partial charge in [0.15, 0.2) is 0 Å². The summed E-state index contributed by atoms with van der Waals surface area (Å²) >= 11 is 0. The van der Waals surface area contributed by atoms with Gasteiger partial charge in [0.25, 0.3) is 0 Å². The summed E-state index contributed by atoms with van der Waals surface area (Å²) < 4.78 is 0. The van der Waals surface area contributed by atoms with Crippen LogP contribution in [0.4, 0.5) is 5.69 Å². The van der Waals surface area contributed by atoms with Crippen LogP contribution < -0.4 is 4.90 Å². The van der Waals surface area contributed by atoms with Crippen LogP contribution in [0, 0.1) is 0 Å². The number of hydrogen-bond acceptors (Lipinski definition) is 4. The second kappa shape index (κ2) is 7.04. The Balaban J connectivity index is 1.93. The highest BCUT2D eigenvalue weighted by Gasteiger charge is 2.20. The third kappa shape index (κ3) is 3.49. The summed E-state index contributed by atoms with van der Waals surface area (Å²) in [6, 6.07) is 4.71. The molecule has 1 unspecified atom stereocenters. The smallest absolute Gasteiger partial charge is 0.0957 e. The maximum atomic E-state index is 9.77. The molecule has 2 atom stereocenters. The Morgan fingerprint density at radius 3 is 2.35 bits per heavy atom. The summed E-state index contributed by atoms with van der Waals surface area (Å²) in [6.45, 7) is 10.9. The van der Waals surface area contributed by atoms with Crippen LogP contribution in [0.25, 0.3) is 0 Å². The van der Waals surface area contributed by atoms with E-state index in [1.165, 1.54) is 12.1 Å². The summed E-state index contributed by atoms with van der Waals surface area (Å²) in [5.41, 5.74) is 1.94. The van der Waals surface area contributed by atoms with Crippen molar-refractivity contribution in [1.29, 1.82) is 0 Å². The molecule has 112 valence electrons. The van der Waals surface area contributed by atoms with Gasteiger partial charge in [-0.1, -0.05) is 13.8 Å². The van der Waals surface area contributed by atoms with Crippen LogP contribution in [0.5, 0.6) is 0 Å². The van der Waals surface area contributed by atoms with E-state index in [2.05, 4.69) is 34.7 Å². The van der Waals surface area contributed by atoms with Gasteiger partial charge < -0.3 is 10.0 Å². The SMILES string of the molecule is CCC(C)N1CCN(c2ccc([C@H](O)CC)nc2)CC1. The lowest BCUT2D eigenvalue weighted by atomic mass is 10.1. The van der Waals surface area contributed by atoms with Gasteiger partial charge in [0.05, 0.1) is 23.7 Å². The lowest BCUT2D eigenvalue weighted by Crippen LogP contribution is -2.49. The number of nitrogens with zero attached hydrogens (tertiary/aromatic N) is 3. The van der Waals surface area contributed by atoms with E-state index in [0.29, 0.717) is 12.5 Å². The average molecular weight is 277 g/mol. The second-order valence-corrected chi connectivity index (χ2v) is 5.65. The van der Waals surface area contributed by atoms with Gasteiger partial charge in [-0.05, 0) is 31.9 Å². The molecule has 1 aromatic heterocycles. The Morgan fingerprint density at radius 2 is 1.85 bits per heavy atom. The molecule has 4 heteroatoms. The molecule has 1 aliphatic rings. The molecule has 0 aromatic carbocycles. The van der Waals surface area contributed by atoms with E-state index in [1.54, 1.807) is 0 Å². The van der Waals surface area contributed by atoms with Crippen molar-refractivity contribution in [3.63, 3.8) is 0 Å². The first-order valence-corrected chi connectivity index (χ1v) is 7.78. The van der Waals surface area contributed by atoms with E-state index in [4.69, 9.17) is 0 Å². The standard InChI is InChI=1S/C16H27N3O/c1-4-13(3)18-8-10-19(11-9-18)14-6-7-15(17-12-14)16(20)5-2/h6-7,12-13,16,20H,4-5,8-11H2,1-3H3/t13?,16-/m1/s1. The Morgan fingerprint density at radius 1 is 1.15 bits per heavy atom. The Labute approximate surface area is 122 Å². The number of rotatable bonds is 5. The molecule has 4 nitrogen and oxygen atoms in total. The predicted molar refractivity (Wildman–Crippen MR) is 83.0 cm³/mol. The predicted octanol–water partition coefficient (Wildman–Crippen LogP) is 2.45. The molecular formula is C16H27N3O. The van der Waals surface area contributed by atoms with Crippen LogP contribution >= 0.6 is 0 Å². The van der Waals surface area contributed by atoms with Gasteiger partial charge in [0.1, 0.15) is 0 Å². The quantitative estimate of drug-likeness (QED) is 0.897. The Kier molecular flexibility index (Phi) is 5.38. The second-order valence-electron chi connectivity index (χ2n) is 5.65. The third-order valence-corrected chi connectivity index (χ3v) is 4.39. The van der Waals surface area contributed by atoms with Gasteiger partial charge in [-0.3, -0.25) is 9.88 Å². The van der Waals surface area contributed by atoms with E-state index in [1.807, 2.05) is 19.2 Å². The highest BCUT2D eigenvalue weighted by Crippen LogP contribution is 2.20. The lowest BCUT2D eigenvalue weighted by Gasteiger charge is -2.38. The number of hydrogen-bond donors (Lipinski definition) is 1. The average Bonchev–Trinajstić information content (AvgIpc) is 2.53. The van der Waals surface area contributed by atoms with Gasteiger partial charge in [0.2, 0.25) is 0 Å². The summed E-state index contributed by atoms with van der Waals surface area (Å²) in [6.07, 6.45) is 3.38. The van der Waals surface area contributed by atoms with Crippen LogP contribution in [0.15, 0.2) is 18.3 Å².